The Morgan fingerprint density at radius 2 is 1.94 bits per heavy atom. The Balaban J connectivity index is 0.00000324. The van der Waals surface area contributed by atoms with E-state index in [1.165, 1.54) is 5.56 Å². The Kier molecular flexibility index (Phi) is 7.12. The lowest BCUT2D eigenvalue weighted by Gasteiger charge is -2.28. The van der Waals surface area contributed by atoms with Crippen molar-refractivity contribution in [3.63, 3.8) is 0 Å². The number of amides is 1. The highest BCUT2D eigenvalue weighted by molar-refractivity contribution is 8.93. The summed E-state index contributed by atoms with van der Waals surface area (Å²) >= 11 is 0. The number of carbonyl (C=O) groups excluding carboxylic acids is 2. The van der Waals surface area contributed by atoms with Gasteiger partial charge in [0.2, 0.25) is 0 Å². The van der Waals surface area contributed by atoms with Crippen molar-refractivity contribution in [2.45, 2.75) is 45.7 Å². The van der Waals surface area contributed by atoms with Gasteiger partial charge in [0.25, 0.3) is 5.91 Å². The van der Waals surface area contributed by atoms with E-state index in [4.69, 9.17) is 10.1 Å². The zero-order valence-electron chi connectivity index (χ0n) is 20.6. The number of likely N-dealkylation sites (N-methyl/N-ethyl adjacent to an activating group) is 1. The number of carbonyl (C=O) groups is 2. The fourth-order valence-corrected chi connectivity index (χ4v) is 4.87. The molecule has 0 saturated heterocycles. The SMILES string of the molecule is Br.CCOc1cc2c(cc1C(=O)NC)C(=N)N(CC(=O)c1ccc3c(c1)C(C)(C)C(C)N3C)C2. The highest BCUT2D eigenvalue weighted by Crippen LogP contribution is 2.44. The molecule has 0 fully saturated rings. The predicted molar refractivity (Wildman–Crippen MR) is 140 cm³/mol. The second kappa shape index (κ2) is 9.41. The minimum Gasteiger partial charge on any atom is -0.493 e. The molecule has 0 bridgehead atoms. The van der Waals surface area contributed by atoms with E-state index in [2.05, 4.69) is 38.0 Å². The second-order valence-corrected chi connectivity index (χ2v) is 9.39. The molecule has 0 aliphatic carbocycles. The zero-order valence-corrected chi connectivity index (χ0v) is 22.3. The summed E-state index contributed by atoms with van der Waals surface area (Å²) in [4.78, 5) is 29.6. The average molecular weight is 529 g/mol. The molecule has 2 N–H and O–H groups in total. The van der Waals surface area contributed by atoms with Crippen LogP contribution in [0.5, 0.6) is 5.75 Å². The van der Waals surface area contributed by atoms with E-state index in [9.17, 15) is 9.59 Å². The van der Waals surface area contributed by atoms with Gasteiger partial charge in [0, 0.05) is 48.9 Å². The number of ketones is 1. The van der Waals surface area contributed by atoms with Crippen LogP contribution in [0.4, 0.5) is 5.69 Å². The fraction of sp³-hybridized carbons (Fsp3) is 0.423. The normalized spacial score (nSPS) is 17.7. The fourth-order valence-electron chi connectivity index (χ4n) is 4.87. The van der Waals surface area contributed by atoms with E-state index in [1.807, 2.05) is 31.2 Å². The molecule has 4 rings (SSSR count). The first-order valence-electron chi connectivity index (χ1n) is 11.4. The molecular formula is C26H33BrN4O3. The highest BCUT2D eigenvalue weighted by atomic mass is 79.9. The molecule has 2 aliphatic heterocycles. The molecule has 2 heterocycles. The monoisotopic (exact) mass is 528 g/mol. The molecule has 0 radical (unpaired) electrons. The van der Waals surface area contributed by atoms with Crippen LogP contribution >= 0.6 is 17.0 Å². The van der Waals surface area contributed by atoms with Crippen LogP contribution in [0.25, 0.3) is 0 Å². The van der Waals surface area contributed by atoms with E-state index in [0.29, 0.717) is 41.6 Å². The van der Waals surface area contributed by atoms with Crippen molar-refractivity contribution >= 4 is 40.2 Å². The number of Topliss-reactive ketones (excluding diaryl/α,β-unsaturated/α-hetero) is 1. The van der Waals surface area contributed by atoms with E-state index in [0.717, 1.165) is 11.3 Å². The first-order chi connectivity index (χ1) is 15.6. The average Bonchev–Trinajstić information content (AvgIpc) is 3.18. The zero-order chi connectivity index (χ0) is 24.1. The first kappa shape index (κ1) is 25.7. The Bertz CT molecular complexity index is 1160. The number of fused-ring (bicyclic) bond motifs is 2. The van der Waals surface area contributed by atoms with Gasteiger partial charge in [-0.05, 0) is 55.3 Å². The number of ether oxygens (including phenoxy) is 1. The number of anilines is 1. The highest BCUT2D eigenvalue weighted by Gasteiger charge is 2.40. The Morgan fingerprint density at radius 1 is 1.24 bits per heavy atom. The molecule has 182 valence electrons. The molecule has 1 unspecified atom stereocenters. The molecule has 1 atom stereocenters. The molecular weight excluding hydrogens is 496 g/mol. The Hall–Kier alpha value is -2.87. The minimum atomic E-state index is -0.261. The van der Waals surface area contributed by atoms with Gasteiger partial charge in [0.1, 0.15) is 11.6 Å². The van der Waals surface area contributed by atoms with Crippen LogP contribution in [-0.4, -0.2) is 55.7 Å². The van der Waals surface area contributed by atoms with Crippen molar-refractivity contribution in [2.24, 2.45) is 0 Å². The maximum atomic E-state index is 13.2. The van der Waals surface area contributed by atoms with E-state index >= 15 is 0 Å². The predicted octanol–water partition coefficient (Wildman–Crippen LogP) is 4.16. The third kappa shape index (κ3) is 4.08. The number of benzene rings is 2. The third-order valence-electron chi connectivity index (χ3n) is 7.26. The van der Waals surface area contributed by atoms with Crippen molar-refractivity contribution in [1.29, 1.82) is 5.41 Å². The van der Waals surface area contributed by atoms with E-state index in [-0.39, 0.29) is 46.5 Å². The van der Waals surface area contributed by atoms with Crippen LogP contribution in [0.15, 0.2) is 30.3 Å². The largest absolute Gasteiger partial charge is 0.493 e. The van der Waals surface area contributed by atoms with Crippen LogP contribution in [0, 0.1) is 5.41 Å². The number of nitrogens with zero attached hydrogens (tertiary/aromatic N) is 2. The van der Waals surface area contributed by atoms with Gasteiger partial charge in [-0.1, -0.05) is 13.8 Å². The molecule has 0 aromatic heterocycles. The van der Waals surface area contributed by atoms with Crippen LogP contribution in [0.3, 0.4) is 0 Å². The van der Waals surface area contributed by atoms with Gasteiger partial charge in [-0.25, -0.2) is 0 Å². The summed E-state index contributed by atoms with van der Waals surface area (Å²) in [6.07, 6.45) is 0. The topological polar surface area (TPSA) is 85.7 Å². The van der Waals surface area contributed by atoms with Crippen LogP contribution < -0.4 is 15.0 Å². The second-order valence-electron chi connectivity index (χ2n) is 9.39. The summed E-state index contributed by atoms with van der Waals surface area (Å²) in [6.45, 7) is 9.47. The summed E-state index contributed by atoms with van der Waals surface area (Å²) in [5, 5.41) is 11.3. The molecule has 2 aromatic rings. The smallest absolute Gasteiger partial charge is 0.254 e. The van der Waals surface area contributed by atoms with Gasteiger partial charge in [-0.3, -0.25) is 15.0 Å². The van der Waals surface area contributed by atoms with Gasteiger partial charge < -0.3 is 19.9 Å². The van der Waals surface area contributed by atoms with Gasteiger partial charge in [-0.2, -0.15) is 0 Å². The number of halogens is 1. The van der Waals surface area contributed by atoms with Crippen molar-refractivity contribution in [3.8, 4) is 5.75 Å². The molecule has 34 heavy (non-hydrogen) atoms. The Labute approximate surface area is 211 Å². The minimum absolute atomic E-state index is 0. The number of amidine groups is 1. The van der Waals surface area contributed by atoms with Crippen molar-refractivity contribution in [2.75, 3.05) is 32.1 Å². The van der Waals surface area contributed by atoms with Crippen molar-refractivity contribution in [1.82, 2.24) is 10.2 Å². The van der Waals surface area contributed by atoms with Crippen LogP contribution in [0.1, 0.15) is 65.1 Å². The summed E-state index contributed by atoms with van der Waals surface area (Å²) in [5.74, 6) is 0.463. The standard InChI is InChI=1S/C26H32N4O3.BrH/c1-7-33-23-11-17-13-30(24(27)18(17)12-19(23)25(32)28-5)14-22(31)16-8-9-21-20(10-16)26(3,4)15(2)29(21)6;/h8-12,15,27H,7,13-14H2,1-6H3,(H,28,32);1H. The maximum Gasteiger partial charge on any atom is 0.254 e. The number of rotatable bonds is 6. The van der Waals surface area contributed by atoms with E-state index in [1.54, 1.807) is 18.0 Å². The lowest BCUT2D eigenvalue weighted by atomic mass is 9.80. The first-order valence-corrected chi connectivity index (χ1v) is 11.4. The maximum absolute atomic E-state index is 13.2. The Morgan fingerprint density at radius 3 is 2.59 bits per heavy atom. The van der Waals surface area contributed by atoms with Gasteiger partial charge in [-0.15, -0.1) is 17.0 Å². The quantitative estimate of drug-likeness (QED) is 0.549. The third-order valence-corrected chi connectivity index (χ3v) is 7.26. The van der Waals surface area contributed by atoms with E-state index < -0.39 is 0 Å². The number of nitrogens with one attached hydrogen (secondary N) is 2. The molecule has 2 aliphatic rings. The van der Waals surface area contributed by atoms with Gasteiger partial charge in [0.15, 0.2) is 5.78 Å². The van der Waals surface area contributed by atoms with Crippen molar-refractivity contribution in [3.05, 3.63) is 58.1 Å². The summed E-state index contributed by atoms with van der Waals surface area (Å²) < 4.78 is 5.66. The van der Waals surface area contributed by atoms with Crippen molar-refractivity contribution < 1.29 is 14.3 Å². The van der Waals surface area contributed by atoms with Gasteiger partial charge >= 0.3 is 0 Å². The van der Waals surface area contributed by atoms with Gasteiger partial charge in [0.05, 0.1) is 18.7 Å². The summed E-state index contributed by atoms with van der Waals surface area (Å²) in [5.41, 5.74) is 4.90. The lowest BCUT2D eigenvalue weighted by Crippen LogP contribution is -2.36. The molecule has 0 saturated carbocycles. The number of hydrogen-bond donors (Lipinski definition) is 2. The molecule has 8 heteroatoms. The lowest BCUT2D eigenvalue weighted by molar-refractivity contribution is 0.0953. The molecule has 1 amide bonds. The van der Waals surface area contributed by atoms with Crippen LogP contribution in [-0.2, 0) is 12.0 Å². The molecule has 7 nitrogen and oxygen atoms in total. The van der Waals surface area contributed by atoms with Crippen LogP contribution in [0.2, 0.25) is 0 Å². The summed E-state index contributed by atoms with van der Waals surface area (Å²) in [6, 6.07) is 9.78. The number of hydrogen-bond acceptors (Lipinski definition) is 5. The molecule has 0 spiro atoms. The summed E-state index contributed by atoms with van der Waals surface area (Å²) in [7, 11) is 3.66. The molecule has 2 aromatic carbocycles.